The average Bonchev–Trinajstić information content (AvgIpc) is 3.61. The minimum Gasteiger partial charge on any atom is -0.438 e. The predicted octanol–water partition coefficient (Wildman–Crippen LogP) is 6.65. The zero-order valence-corrected chi connectivity index (χ0v) is 32.7. The summed E-state index contributed by atoms with van der Waals surface area (Å²) in [4.78, 5) is 26.5. The van der Waals surface area contributed by atoms with Gasteiger partial charge in [-0.15, -0.1) is 0 Å². The van der Waals surface area contributed by atoms with Gasteiger partial charge in [0, 0.05) is 24.0 Å². The first-order valence-electron chi connectivity index (χ1n) is 18.6. The van der Waals surface area contributed by atoms with Crippen LogP contribution in [0.1, 0.15) is 121 Å². The summed E-state index contributed by atoms with van der Waals surface area (Å²) in [6.45, 7) is 1.31. The summed E-state index contributed by atoms with van der Waals surface area (Å²) in [6, 6.07) is 3.31. The predicted molar refractivity (Wildman–Crippen MR) is 198 cm³/mol. The highest BCUT2D eigenvalue weighted by Gasteiger charge is 2.47. The van der Waals surface area contributed by atoms with Crippen molar-refractivity contribution >= 4 is 51.7 Å². The number of pyridine rings is 1. The lowest BCUT2D eigenvalue weighted by atomic mass is 9.90. The molecule has 2 aromatic heterocycles. The number of rotatable bonds is 24. The van der Waals surface area contributed by atoms with Crippen LogP contribution in [-0.4, -0.2) is 87.6 Å². The van der Waals surface area contributed by atoms with Crippen molar-refractivity contribution in [2.24, 2.45) is 0 Å². The van der Waals surface area contributed by atoms with Crippen LogP contribution in [0.25, 0.3) is 11.0 Å². The molecule has 1 saturated carbocycles. The molecule has 14 nitrogen and oxygen atoms in total. The summed E-state index contributed by atoms with van der Waals surface area (Å²) in [5.41, 5.74) is -0.852. The molecule has 1 unspecified atom stereocenters. The Kier molecular flexibility index (Phi) is 16.8. The Bertz CT molecular complexity index is 1700. The summed E-state index contributed by atoms with van der Waals surface area (Å²) in [7, 11) is -9.24. The summed E-state index contributed by atoms with van der Waals surface area (Å²) in [5.74, 6) is -1.57. The van der Waals surface area contributed by atoms with Crippen LogP contribution in [0, 0.1) is 11.3 Å². The molecule has 3 heterocycles. The number of nitrogens with one attached hydrogen (secondary N) is 1. The number of anilines is 1. The molecule has 5 atom stereocenters. The average molecular weight is 807 g/mol. The minimum absolute atomic E-state index is 0.0383. The summed E-state index contributed by atoms with van der Waals surface area (Å²) < 4.78 is 68.6. The Morgan fingerprint density at radius 2 is 1.70 bits per heavy atom. The summed E-state index contributed by atoms with van der Waals surface area (Å²) in [5, 5.41) is 34.6. The molecule has 0 spiro atoms. The third-order valence-electron chi connectivity index (χ3n) is 9.71. The maximum absolute atomic E-state index is 13.5. The second kappa shape index (κ2) is 20.5. The van der Waals surface area contributed by atoms with E-state index in [0.717, 1.165) is 19.3 Å². The highest BCUT2D eigenvalue weighted by molar-refractivity contribution is 7.97. The number of nitrogens with zero attached hydrogens (tertiary/aromatic N) is 3. The Labute approximate surface area is 315 Å². The van der Waals surface area contributed by atoms with Crippen molar-refractivity contribution in [1.29, 1.82) is 5.26 Å². The lowest BCUT2D eigenvalue weighted by Crippen LogP contribution is -2.36. The standard InChI is InChI=1S/C35H53ClFN4O10PS/c1-2-3-4-5-6-7-8-9-10-11-12-13-14-15-29(42)49-22-50-52(45,46)23-53(47,48)21-28-31(43)32(44)35(51-28)41-17-16-26-30(39-25-18-24(37)19-25)27(20-38)33(36)40-34(26)41/h16-17,24-25,28,31-32,35,43-44H,2-15,18-19,21-23H2,1H3,(H,39,40)(H,45,46)/t24-,25+,28-,31-,32-,35-/m1/s1. The minimum atomic E-state index is -4.80. The molecule has 0 bridgehead atoms. The highest BCUT2D eigenvalue weighted by atomic mass is 35.5. The van der Waals surface area contributed by atoms with Gasteiger partial charge in [0.2, 0.25) is 6.79 Å². The fraction of sp³-hybridized carbons (Fsp3) is 0.743. The number of aliphatic hydroxyl groups excluding tert-OH is 2. The summed E-state index contributed by atoms with van der Waals surface area (Å²) >= 11 is 6.30. The van der Waals surface area contributed by atoms with Gasteiger partial charge in [0.15, 0.2) is 26.7 Å². The Morgan fingerprint density at radius 1 is 1.09 bits per heavy atom. The van der Waals surface area contributed by atoms with E-state index in [-0.39, 0.29) is 41.7 Å². The van der Waals surface area contributed by atoms with E-state index in [4.69, 9.17) is 25.6 Å². The van der Waals surface area contributed by atoms with Crippen LogP contribution in [-0.2, 0) is 33.2 Å². The molecule has 1 aliphatic heterocycles. The Hall–Kier alpha value is -2.35. The van der Waals surface area contributed by atoms with E-state index in [9.17, 15) is 42.5 Å². The third kappa shape index (κ3) is 12.9. The molecule has 1 aliphatic carbocycles. The zero-order valence-electron chi connectivity index (χ0n) is 30.2. The second-order valence-electron chi connectivity index (χ2n) is 14.1. The lowest BCUT2D eigenvalue weighted by molar-refractivity contribution is -0.150. The van der Waals surface area contributed by atoms with E-state index >= 15 is 0 Å². The largest absolute Gasteiger partial charge is 0.438 e. The number of hydrogen-bond donors (Lipinski definition) is 4. The number of sulfone groups is 1. The van der Waals surface area contributed by atoms with Crippen LogP contribution >= 0.6 is 19.2 Å². The maximum atomic E-state index is 13.5. The van der Waals surface area contributed by atoms with Gasteiger partial charge in [-0.1, -0.05) is 95.6 Å². The maximum Gasteiger partial charge on any atom is 0.346 e. The van der Waals surface area contributed by atoms with Crippen molar-refractivity contribution in [3.05, 3.63) is 23.0 Å². The molecule has 53 heavy (non-hydrogen) atoms. The SMILES string of the molecule is CCCCCCCCCCCCCCCC(=O)OCOP(=O)(O)CS(=O)(=O)C[C@H]1O[C@@H](n2ccc3c(N[C@H]4C[C@@H](F)C4)c(C#N)c(Cl)nc32)[C@H](O)[C@@H]1O. The van der Waals surface area contributed by atoms with Crippen LogP contribution in [0.5, 0.6) is 0 Å². The van der Waals surface area contributed by atoms with E-state index < -0.39 is 72.2 Å². The molecule has 18 heteroatoms. The first kappa shape index (κ1) is 43.4. The van der Waals surface area contributed by atoms with Gasteiger partial charge in [0.05, 0.1) is 11.4 Å². The number of ether oxygens (including phenoxy) is 2. The third-order valence-corrected chi connectivity index (χ3v) is 14.2. The molecule has 2 aliphatic rings. The molecular weight excluding hydrogens is 754 g/mol. The van der Waals surface area contributed by atoms with Crippen LogP contribution in [0.4, 0.5) is 10.1 Å². The van der Waals surface area contributed by atoms with Crippen molar-refractivity contribution in [1.82, 2.24) is 9.55 Å². The van der Waals surface area contributed by atoms with Crippen molar-refractivity contribution in [3.63, 3.8) is 0 Å². The van der Waals surface area contributed by atoms with E-state index in [1.165, 1.54) is 68.6 Å². The molecule has 4 N–H and O–H groups in total. The van der Waals surface area contributed by atoms with Crippen molar-refractivity contribution in [3.8, 4) is 6.07 Å². The smallest absolute Gasteiger partial charge is 0.346 e. The topological polar surface area (TPSA) is 210 Å². The number of carbonyl (C=O) groups is 1. The summed E-state index contributed by atoms with van der Waals surface area (Å²) in [6.07, 6.45) is 9.85. The number of nitriles is 1. The number of esters is 1. The molecule has 0 radical (unpaired) electrons. The quantitative estimate of drug-likeness (QED) is 0.0288. The number of halogens is 2. The molecule has 0 aromatic carbocycles. The number of unbranched alkanes of at least 4 members (excludes halogenated alkanes) is 12. The van der Waals surface area contributed by atoms with Gasteiger partial charge >= 0.3 is 13.6 Å². The molecule has 298 valence electrons. The number of carbonyl (C=O) groups excluding carboxylic acids is 1. The number of fused-ring (bicyclic) bond motifs is 1. The Morgan fingerprint density at radius 3 is 2.28 bits per heavy atom. The van der Waals surface area contributed by atoms with Crippen molar-refractivity contribution in [2.45, 2.75) is 146 Å². The van der Waals surface area contributed by atoms with E-state index in [1.54, 1.807) is 6.07 Å². The van der Waals surface area contributed by atoms with Gasteiger partial charge in [-0.2, -0.15) is 5.26 Å². The molecule has 4 rings (SSSR count). The number of aromatic nitrogens is 2. The number of aliphatic hydroxyl groups is 2. The van der Waals surface area contributed by atoms with Crippen LogP contribution in [0.3, 0.4) is 0 Å². The van der Waals surface area contributed by atoms with E-state index in [2.05, 4.69) is 17.2 Å². The van der Waals surface area contributed by atoms with E-state index in [0.29, 0.717) is 17.5 Å². The van der Waals surface area contributed by atoms with E-state index in [1.807, 2.05) is 6.07 Å². The van der Waals surface area contributed by atoms with Crippen LogP contribution < -0.4 is 5.32 Å². The van der Waals surface area contributed by atoms with Gasteiger partial charge in [-0.05, 0) is 25.3 Å². The Balaban J connectivity index is 1.19. The number of alkyl halides is 1. The van der Waals surface area contributed by atoms with Crippen LogP contribution in [0.15, 0.2) is 12.3 Å². The molecule has 2 aromatic rings. The van der Waals surface area contributed by atoms with Gasteiger partial charge in [-0.25, -0.2) is 17.8 Å². The normalized spacial score (nSPS) is 24.1. The fourth-order valence-electron chi connectivity index (χ4n) is 6.69. The zero-order chi connectivity index (χ0) is 38.6. The van der Waals surface area contributed by atoms with Crippen LogP contribution in [0.2, 0.25) is 5.15 Å². The molecule has 2 fully saturated rings. The van der Waals surface area contributed by atoms with Gasteiger partial charge in [0.25, 0.3) is 0 Å². The van der Waals surface area contributed by atoms with Crippen molar-refractivity contribution in [2.75, 3.05) is 23.4 Å². The second-order valence-corrected chi connectivity index (χ2v) is 18.9. The molecule has 1 saturated heterocycles. The van der Waals surface area contributed by atoms with Gasteiger partial charge < -0.3 is 34.5 Å². The molecule has 0 amide bonds. The first-order valence-corrected chi connectivity index (χ1v) is 22.6. The fourth-order valence-corrected chi connectivity index (χ4v) is 10.6. The lowest BCUT2D eigenvalue weighted by Gasteiger charge is -2.31. The highest BCUT2D eigenvalue weighted by Crippen LogP contribution is 2.44. The van der Waals surface area contributed by atoms with Crippen molar-refractivity contribution < 1.29 is 51.3 Å². The monoisotopic (exact) mass is 806 g/mol. The number of hydrogen-bond acceptors (Lipinski definition) is 12. The first-order chi connectivity index (χ1) is 25.2. The molecular formula is C35H53ClFN4O10PS. The van der Waals surface area contributed by atoms with Gasteiger partial charge in [0.1, 0.15) is 41.8 Å². The van der Waals surface area contributed by atoms with Gasteiger partial charge in [-0.3, -0.25) is 13.9 Å².